The molecule has 17 heavy (non-hydrogen) atoms. The van der Waals surface area contributed by atoms with E-state index in [9.17, 15) is 9.59 Å². The Kier molecular flexibility index (Phi) is 5.41. The predicted octanol–water partition coefficient (Wildman–Crippen LogP) is -0.0310. The number of hydrogen-bond donors (Lipinski definition) is 2. The van der Waals surface area contributed by atoms with Crippen LogP contribution in [0.15, 0.2) is 0 Å². The number of rotatable bonds is 4. The molecular formula is C12H23N3O2. The van der Waals surface area contributed by atoms with Gasteiger partial charge in [-0.2, -0.15) is 0 Å². The highest BCUT2D eigenvalue weighted by Gasteiger charge is 2.33. The van der Waals surface area contributed by atoms with Crippen molar-refractivity contribution < 1.29 is 9.59 Å². The summed E-state index contributed by atoms with van der Waals surface area (Å²) in [4.78, 5) is 25.8. The Morgan fingerprint density at radius 1 is 1.41 bits per heavy atom. The molecular weight excluding hydrogens is 218 g/mol. The van der Waals surface area contributed by atoms with E-state index < -0.39 is 0 Å². The van der Waals surface area contributed by atoms with Gasteiger partial charge in [-0.25, -0.2) is 0 Å². The van der Waals surface area contributed by atoms with Crippen LogP contribution in [0.3, 0.4) is 0 Å². The largest absolute Gasteiger partial charge is 0.357 e. The van der Waals surface area contributed by atoms with Crippen molar-refractivity contribution in [1.82, 2.24) is 15.5 Å². The molecule has 1 rings (SSSR count). The second-order valence-corrected chi connectivity index (χ2v) is 4.38. The summed E-state index contributed by atoms with van der Waals surface area (Å²) < 4.78 is 0. The Balaban J connectivity index is 2.76. The van der Waals surface area contributed by atoms with E-state index in [-0.39, 0.29) is 23.8 Å². The summed E-state index contributed by atoms with van der Waals surface area (Å²) in [6, 6.07) is -0.359. The van der Waals surface area contributed by atoms with Crippen LogP contribution in [0.5, 0.6) is 0 Å². The third kappa shape index (κ3) is 3.19. The number of nitrogens with zero attached hydrogens (tertiary/aromatic N) is 1. The van der Waals surface area contributed by atoms with E-state index in [1.54, 1.807) is 11.9 Å². The number of nitrogens with one attached hydrogen (secondary N) is 2. The highest BCUT2D eigenvalue weighted by Crippen LogP contribution is 2.15. The smallest absolute Gasteiger partial charge is 0.243 e. The molecule has 0 aliphatic carbocycles. The molecule has 1 fully saturated rings. The molecule has 2 amide bonds. The molecule has 0 spiro atoms. The van der Waals surface area contributed by atoms with E-state index >= 15 is 0 Å². The summed E-state index contributed by atoms with van der Waals surface area (Å²) >= 11 is 0. The predicted molar refractivity (Wildman–Crippen MR) is 66.5 cm³/mol. The molecule has 1 saturated heterocycles. The standard InChI is InChI=1S/C12H23N3O2/c1-4-9(5-2)12(17)15-7-6-14-8-10(15)11(16)13-3/h9-10,14H,4-8H2,1-3H3,(H,13,16). The molecule has 0 bridgehead atoms. The number of carbonyl (C=O) groups is 2. The molecule has 5 nitrogen and oxygen atoms in total. The van der Waals surface area contributed by atoms with Gasteiger partial charge >= 0.3 is 0 Å². The molecule has 0 saturated carbocycles. The van der Waals surface area contributed by atoms with Crippen LogP contribution in [-0.4, -0.2) is 49.4 Å². The molecule has 1 unspecified atom stereocenters. The number of amides is 2. The van der Waals surface area contributed by atoms with E-state index in [0.717, 1.165) is 19.4 Å². The minimum absolute atomic E-state index is 0.0419. The van der Waals surface area contributed by atoms with Crippen molar-refractivity contribution in [2.75, 3.05) is 26.7 Å². The molecule has 98 valence electrons. The minimum Gasteiger partial charge on any atom is -0.357 e. The van der Waals surface area contributed by atoms with Gasteiger partial charge in [-0.3, -0.25) is 9.59 Å². The monoisotopic (exact) mass is 241 g/mol. The molecule has 0 aromatic carbocycles. The summed E-state index contributed by atoms with van der Waals surface area (Å²) in [7, 11) is 1.61. The van der Waals surface area contributed by atoms with E-state index in [0.29, 0.717) is 13.1 Å². The first-order chi connectivity index (χ1) is 8.15. The molecule has 1 atom stereocenters. The van der Waals surface area contributed by atoms with Crippen molar-refractivity contribution in [3.8, 4) is 0 Å². The lowest BCUT2D eigenvalue weighted by molar-refractivity contribution is -0.144. The summed E-state index contributed by atoms with van der Waals surface area (Å²) in [6.45, 7) is 5.96. The van der Waals surface area contributed by atoms with E-state index in [4.69, 9.17) is 0 Å². The molecule has 0 aromatic rings. The maximum absolute atomic E-state index is 12.3. The van der Waals surface area contributed by atoms with Crippen molar-refractivity contribution in [2.45, 2.75) is 32.7 Å². The quantitative estimate of drug-likeness (QED) is 0.726. The van der Waals surface area contributed by atoms with Gasteiger partial charge in [0.1, 0.15) is 6.04 Å². The van der Waals surface area contributed by atoms with E-state index in [1.165, 1.54) is 0 Å². The zero-order valence-corrected chi connectivity index (χ0v) is 11.0. The normalized spacial score (nSPS) is 20.5. The lowest BCUT2D eigenvalue weighted by atomic mass is 10.00. The average molecular weight is 241 g/mol. The number of likely N-dealkylation sites (N-methyl/N-ethyl adjacent to an activating group) is 1. The third-order valence-corrected chi connectivity index (χ3v) is 3.41. The molecule has 2 N–H and O–H groups in total. The van der Waals surface area contributed by atoms with Gasteiger partial charge in [0.15, 0.2) is 0 Å². The van der Waals surface area contributed by atoms with Crippen LogP contribution in [-0.2, 0) is 9.59 Å². The zero-order valence-electron chi connectivity index (χ0n) is 11.0. The fourth-order valence-corrected chi connectivity index (χ4v) is 2.24. The Hall–Kier alpha value is -1.10. The van der Waals surface area contributed by atoms with Crippen molar-refractivity contribution in [3.63, 3.8) is 0 Å². The SMILES string of the molecule is CCC(CC)C(=O)N1CCNCC1C(=O)NC. The topological polar surface area (TPSA) is 61.4 Å². The van der Waals surface area contributed by atoms with Gasteiger partial charge < -0.3 is 15.5 Å². The number of hydrogen-bond acceptors (Lipinski definition) is 3. The molecule has 1 aliphatic rings. The molecule has 1 heterocycles. The van der Waals surface area contributed by atoms with E-state index in [1.807, 2.05) is 13.8 Å². The van der Waals surface area contributed by atoms with E-state index in [2.05, 4.69) is 10.6 Å². The van der Waals surface area contributed by atoms with Crippen molar-refractivity contribution in [2.24, 2.45) is 5.92 Å². The van der Waals surface area contributed by atoms with Crippen LogP contribution in [0.25, 0.3) is 0 Å². The maximum Gasteiger partial charge on any atom is 0.243 e. The van der Waals surface area contributed by atoms with Gasteiger partial charge in [0.2, 0.25) is 11.8 Å². The first-order valence-electron chi connectivity index (χ1n) is 6.38. The van der Waals surface area contributed by atoms with Gasteiger partial charge in [0.05, 0.1) is 0 Å². The first kappa shape index (κ1) is 14.0. The molecule has 0 aromatic heterocycles. The maximum atomic E-state index is 12.3. The van der Waals surface area contributed by atoms with Gasteiger partial charge in [-0.05, 0) is 12.8 Å². The van der Waals surface area contributed by atoms with Crippen LogP contribution < -0.4 is 10.6 Å². The number of carbonyl (C=O) groups excluding carboxylic acids is 2. The third-order valence-electron chi connectivity index (χ3n) is 3.41. The van der Waals surface area contributed by atoms with Crippen LogP contribution in [0, 0.1) is 5.92 Å². The summed E-state index contributed by atoms with van der Waals surface area (Å²) in [6.07, 6.45) is 1.67. The fourth-order valence-electron chi connectivity index (χ4n) is 2.24. The van der Waals surface area contributed by atoms with Gasteiger partial charge in [0, 0.05) is 32.6 Å². The highest BCUT2D eigenvalue weighted by molar-refractivity contribution is 5.88. The summed E-state index contributed by atoms with van der Waals surface area (Å²) in [5, 5.41) is 5.78. The Bertz CT molecular complexity index is 277. The Morgan fingerprint density at radius 3 is 2.59 bits per heavy atom. The van der Waals surface area contributed by atoms with Crippen LogP contribution in [0.1, 0.15) is 26.7 Å². The van der Waals surface area contributed by atoms with Crippen molar-refractivity contribution >= 4 is 11.8 Å². The Morgan fingerprint density at radius 2 is 2.06 bits per heavy atom. The fraction of sp³-hybridized carbons (Fsp3) is 0.833. The van der Waals surface area contributed by atoms with Crippen LogP contribution >= 0.6 is 0 Å². The minimum atomic E-state index is -0.359. The second kappa shape index (κ2) is 6.59. The summed E-state index contributed by atoms with van der Waals surface area (Å²) in [5.41, 5.74) is 0. The highest BCUT2D eigenvalue weighted by atomic mass is 16.2. The molecule has 5 heteroatoms. The first-order valence-corrected chi connectivity index (χ1v) is 6.38. The van der Waals surface area contributed by atoms with Gasteiger partial charge in [-0.15, -0.1) is 0 Å². The Labute approximate surface area is 103 Å². The van der Waals surface area contributed by atoms with Crippen molar-refractivity contribution in [1.29, 1.82) is 0 Å². The number of piperazine rings is 1. The summed E-state index contributed by atoms with van der Waals surface area (Å²) in [5.74, 6) is 0.0712. The molecule has 0 radical (unpaired) electrons. The van der Waals surface area contributed by atoms with Gasteiger partial charge in [-0.1, -0.05) is 13.8 Å². The molecule has 1 aliphatic heterocycles. The van der Waals surface area contributed by atoms with Crippen LogP contribution in [0.4, 0.5) is 0 Å². The average Bonchev–Trinajstić information content (AvgIpc) is 2.39. The van der Waals surface area contributed by atoms with Crippen LogP contribution in [0.2, 0.25) is 0 Å². The zero-order chi connectivity index (χ0) is 12.8. The van der Waals surface area contributed by atoms with Gasteiger partial charge in [0.25, 0.3) is 0 Å². The lowest BCUT2D eigenvalue weighted by Gasteiger charge is -2.36. The lowest BCUT2D eigenvalue weighted by Crippen LogP contribution is -2.60. The second-order valence-electron chi connectivity index (χ2n) is 4.38. The van der Waals surface area contributed by atoms with Crippen molar-refractivity contribution in [3.05, 3.63) is 0 Å².